The Kier molecular flexibility index (Phi) is 5.71. The highest BCUT2D eigenvalue weighted by molar-refractivity contribution is 6.30. The Morgan fingerprint density at radius 1 is 1.53 bits per heavy atom. The Morgan fingerprint density at radius 3 is 3.00 bits per heavy atom. The number of carbonyl (C=O) groups excluding carboxylic acids is 1. The van der Waals surface area contributed by atoms with E-state index in [1.165, 1.54) is 0 Å². The second-order valence-electron chi connectivity index (χ2n) is 3.58. The number of halogens is 2. The van der Waals surface area contributed by atoms with E-state index in [9.17, 15) is 4.79 Å². The lowest BCUT2D eigenvalue weighted by Crippen LogP contribution is -2.48. The minimum atomic E-state index is -0.285. The Hall–Kier alpha value is -0.810. The van der Waals surface area contributed by atoms with Gasteiger partial charge in [0.15, 0.2) is 0 Å². The zero-order valence-electron chi connectivity index (χ0n) is 9.11. The molecule has 0 radical (unpaired) electrons. The average molecular weight is 277 g/mol. The summed E-state index contributed by atoms with van der Waals surface area (Å²) in [6.45, 7) is 1.76. The van der Waals surface area contributed by atoms with Crippen LogP contribution in [0.2, 0.25) is 5.02 Å². The quantitative estimate of drug-likeness (QED) is 0.865. The predicted molar refractivity (Wildman–Crippen MR) is 69.9 cm³/mol. The van der Waals surface area contributed by atoms with Gasteiger partial charge in [0.05, 0.1) is 13.2 Å². The molecule has 4 nitrogen and oxygen atoms in total. The monoisotopic (exact) mass is 276 g/mol. The van der Waals surface area contributed by atoms with Gasteiger partial charge in [0.25, 0.3) is 0 Å². The molecule has 1 aliphatic heterocycles. The summed E-state index contributed by atoms with van der Waals surface area (Å²) in [6.07, 6.45) is 0. The topological polar surface area (TPSA) is 50.4 Å². The number of carbonyl (C=O) groups is 1. The maximum atomic E-state index is 11.8. The van der Waals surface area contributed by atoms with E-state index in [1.54, 1.807) is 24.3 Å². The molecule has 0 saturated carbocycles. The summed E-state index contributed by atoms with van der Waals surface area (Å²) in [7, 11) is 0. The van der Waals surface area contributed by atoms with E-state index in [0.717, 1.165) is 0 Å². The molecule has 0 aromatic heterocycles. The molecule has 6 heteroatoms. The summed E-state index contributed by atoms with van der Waals surface area (Å²) in [5, 5.41) is 6.47. The lowest BCUT2D eigenvalue weighted by molar-refractivity contribution is -0.120. The molecule has 1 saturated heterocycles. The van der Waals surface area contributed by atoms with E-state index < -0.39 is 0 Å². The fraction of sp³-hybridized carbons (Fsp3) is 0.364. The van der Waals surface area contributed by atoms with Crippen LogP contribution in [-0.4, -0.2) is 31.7 Å². The van der Waals surface area contributed by atoms with Crippen LogP contribution in [-0.2, 0) is 9.53 Å². The third-order valence-electron chi connectivity index (χ3n) is 2.33. The summed E-state index contributed by atoms with van der Waals surface area (Å²) < 4.78 is 5.22. The zero-order valence-corrected chi connectivity index (χ0v) is 10.7. The van der Waals surface area contributed by atoms with Crippen LogP contribution in [0, 0.1) is 0 Å². The molecular weight excluding hydrogens is 263 g/mol. The van der Waals surface area contributed by atoms with Crippen molar-refractivity contribution in [2.75, 3.05) is 25.1 Å². The van der Waals surface area contributed by atoms with E-state index in [2.05, 4.69) is 10.6 Å². The van der Waals surface area contributed by atoms with Crippen LogP contribution in [0.4, 0.5) is 5.69 Å². The highest BCUT2D eigenvalue weighted by Crippen LogP contribution is 2.15. The van der Waals surface area contributed by atoms with Crippen molar-refractivity contribution in [1.82, 2.24) is 5.32 Å². The van der Waals surface area contributed by atoms with Gasteiger partial charge in [-0.3, -0.25) is 4.79 Å². The molecule has 17 heavy (non-hydrogen) atoms. The smallest absolute Gasteiger partial charge is 0.243 e. The van der Waals surface area contributed by atoms with Crippen molar-refractivity contribution in [2.24, 2.45) is 0 Å². The van der Waals surface area contributed by atoms with Gasteiger partial charge in [-0.25, -0.2) is 0 Å². The maximum absolute atomic E-state index is 11.8. The Bertz CT molecular complexity index is 381. The van der Waals surface area contributed by atoms with Crippen molar-refractivity contribution in [1.29, 1.82) is 0 Å². The van der Waals surface area contributed by atoms with Gasteiger partial charge in [0, 0.05) is 17.3 Å². The van der Waals surface area contributed by atoms with E-state index in [-0.39, 0.29) is 24.4 Å². The zero-order chi connectivity index (χ0) is 11.4. The Balaban J connectivity index is 0.00000144. The Morgan fingerprint density at radius 2 is 2.35 bits per heavy atom. The molecule has 0 aliphatic carbocycles. The van der Waals surface area contributed by atoms with Crippen LogP contribution in [0.1, 0.15) is 0 Å². The van der Waals surface area contributed by atoms with E-state index in [0.29, 0.717) is 30.5 Å². The maximum Gasteiger partial charge on any atom is 0.243 e. The third kappa shape index (κ3) is 4.16. The fourth-order valence-electron chi connectivity index (χ4n) is 1.53. The lowest BCUT2D eigenvalue weighted by atomic mass is 10.2. The van der Waals surface area contributed by atoms with Gasteiger partial charge in [0.2, 0.25) is 5.91 Å². The summed E-state index contributed by atoms with van der Waals surface area (Å²) in [5.74, 6) is -0.0954. The van der Waals surface area contributed by atoms with Gasteiger partial charge >= 0.3 is 0 Å². The van der Waals surface area contributed by atoms with Crippen LogP contribution in [0.5, 0.6) is 0 Å². The first-order chi connectivity index (χ1) is 7.75. The van der Waals surface area contributed by atoms with E-state index in [1.807, 2.05) is 0 Å². The molecule has 1 aromatic carbocycles. The first-order valence-electron chi connectivity index (χ1n) is 5.13. The number of rotatable bonds is 2. The Labute approximate surface area is 111 Å². The van der Waals surface area contributed by atoms with Crippen LogP contribution < -0.4 is 10.6 Å². The first-order valence-corrected chi connectivity index (χ1v) is 5.51. The number of ether oxygens (including phenoxy) is 1. The van der Waals surface area contributed by atoms with E-state index >= 15 is 0 Å². The highest BCUT2D eigenvalue weighted by Gasteiger charge is 2.20. The minimum Gasteiger partial charge on any atom is -0.378 e. The molecule has 2 rings (SSSR count). The second-order valence-corrected chi connectivity index (χ2v) is 4.02. The molecule has 1 amide bonds. The molecule has 1 unspecified atom stereocenters. The molecule has 0 spiro atoms. The molecule has 0 bridgehead atoms. The van der Waals surface area contributed by atoms with Crippen LogP contribution in [0.3, 0.4) is 0 Å². The van der Waals surface area contributed by atoms with Crippen LogP contribution >= 0.6 is 24.0 Å². The molecule has 1 aliphatic rings. The van der Waals surface area contributed by atoms with Gasteiger partial charge in [0.1, 0.15) is 6.04 Å². The molecule has 1 atom stereocenters. The molecular formula is C11H14Cl2N2O2. The SMILES string of the molecule is Cl.O=C(Nc1cccc(Cl)c1)C1COCCN1. The molecule has 2 N–H and O–H groups in total. The van der Waals surface area contributed by atoms with Gasteiger partial charge in [-0.15, -0.1) is 12.4 Å². The van der Waals surface area contributed by atoms with Gasteiger partial charge in [-0.05, 0) is 18.2 Å². The minimum absolute atomic E-state index is 0. The molecule has 94 valence electrons. The third-order valence-corrected chi connectivity index (χ3v) is 2.57. The molecule has 1 heterocycles. The predicted octanol–water partition coefficient (Wildman–Crippen LogP) is 1.69. The summed E-state index contributed by atoms with van der Waals surface area (Å²) >= 11 is 5.82. The first kappa shape index (κ1) is 14.3. The largest absolute Gasteiger partial charge is 0.378 e. The van der Waals surface area contributed by atoms with E-state index in [4.69, 9.17) is 16.3 Å². The van der Waals surface area contributed by atoms with Crippen molar-refractivity contribution >= 4 is 35.6 Å². The van der Waals surface area contributed by atoms with Crippen molar-refractivity contribution in [3.63, 3.8) is 0 Å². The average Bonchev–Trinajstić information content (AvgIpc) is 2.30. The van der Waals surface area contributed by atoms with Gasteiger partial charge in [-0.2, -0.15) is 0 Å². The number of amides is 1. The normalized spacial score (nSPS) is 19.2. The number of benzene rings is 1. The van der Waals surface area contributed by atoms with Gasteiger partial charge < -0.3 is 15.4 Å². The van der Waals surface area contributed by atoms with Gasteiger partial charge in [-0.1, -0.05) is 17.7 Å². The summed E-state index contributed by atoms with van der Waals surface area (Å²) in [5.41, 5.74) is 0.699. The molecule has 1 aromatic rings. The van der Waals surface area contributed by atoms with Crippen LogP contribution in [0.15, 0.2) is 24.3 Å². The van der Waals surface area contributed by atoms with Crippen molar-refractivity contribution in [3.8, 4) is 0 Å². The fourth-order valence-corrected chi connectivity index (χ4v) is 1.72. The van der Waals surface area contributed by atoms with Crippen LogP contribution in [0.25, 0.3) is 0 Å². The number of morpholine rings is 1. The van der Waals surface area contributed by atoms with Crippen molar-refractivity contribution in [2.45, 2.75) is 6.04 Å². The second kappa shape index (κ2) is 6.81. The number of nitrogens with one attached hydrogen (secondary N) is 2. The number of anilines is 1. The summed E-state index contributed by atoms with van der Waals surface area (Å²) in [6, 6.07) is 6.78. The number of hydrogen-bond donors (Lipinski definition) is 2. The lowest BCUT2D eigenvalue weighted by Gasteiger charge is -2.22. The van der Waals surface area contributed by atoms with Crippen molar-refractivity contribution < 1.29 is 9.53 Å². The molecule has 1 fully saturated rings. The highest BCUT2D eigenvalue weighted by atomic mass is 35.5. The number of hydrogen-bond acceptors (Lipinski definition) is 3. The summed E-state index contributed by atoms with van der Waals surface area (Å²) in [4.78, 5) is 11.8. The standard InChI is InChI=1S/C11H13ClN2O2.ClH/c12-8-2-1-3-9(6-8)14-11(15)10-7-16-5-4-13-10;/h1-3,6,10,13H,4-5,7H2,(H,14,15);1H. The van der Waals surface area contributed by atoms with Crippen molar-refractivity contribution in [3.05, 3.63) is 29.3 Å².